The largest absolute Gasteiger partial charge is 0.454 e. The molecular weight excluding hydrogens is 264 g/mol. The van der Waals surface area contributed by atoms with Gasteiger partial charge in [-0.3, -0.25) is 0 Å². The summed E-state index contributed by atoms with van der Waals surface area (Å²) in [7, 11) is 0. The van der Waals surface area contributed by atoms with Crippen LogP contribution in [0.25, 0.3) is 0 Å². The zero-order valence-electron chi connectivity index (χ0n) is 11.8. The standard InChI is InChI=1S/C17H18N2O2/c18-13-3-4-14-12(8-13)2-5-15(14)19-9-11-1-6-16-17(7-11)21-10-20-16/h1,3-4,6-8,15,19H,2,5,9-10,18H2. The lowest BCUT2D eigenvalue weighted by Gasteiger charge is -2.14. The number of aryl methyl sites for hydroxylation is 1. The van der Waals surface area contributed by atoms with Crippen LogP contribution in [0, 0.1) is 0 Å². The molecule has 0 bridgehead atoms. The molecule has 0 spiro atoms. The highest BCUT2D eigenvalue weighted by Gasteiger charge is 2.22. The average Bonchev–Trinajstić information content (AvgIpc) is 3.10. The van der Waals surface area contributed by atoms with Crippen LogP contribution in [0.15, 0.2) is 36.4 Å². The first-order chi connectivity index (χ1) is 10.3. The molecule has 2 aromatic carbocycles. The van der Waals surface area contributed by atoms with Gasteiger partial charge in [0, 0.05) is 18.3 Å². The van der Waals surface area contributed by atoms with Gasteiger partial charge in [0.15, 0.2) is 11.5 Å². The number of benzene rings is 2. The summed E-state index contributed by atoms with van der Waals surface area (Å²) in [5.41, 5.74) is 10.7. The summed E-state index contributed by atoms with van der Waals surface area (Å²) >= 11 is 0. The lowest BCUT2D eigenvalue weighted by molar-refractivity contribution is 0.174. The summed E-state index contributed by atoms with van der Waals surface area (Å²) in [6.07, 6.45) is 2.22. The second-order valence-corrected chi connectivity index (χ2v) is 5.62. The third-order valence-corrected chi connectivity index (χ3v) is 4.23. The lowest BCUT2D eigenvalue weighted by Crippen LogP contribution is -2.18. The molecule has 0 saturated carbocycles. The number of ether oxygens (including phenoxy) is 2. The molecule has 4 heteroatoms. The number of hydrogen-bond donors (Lipinski definition) is 2. The summed E-state index contributed by atoms with van der Waals surface area (Å²) in [5, 5.41) is 3.63. The van der Waals surface area contributed by atoms with Crippen molar-refractivity contribution in [1.82, 2.24) is 5.32 Å². The van der Waals surface area contributed by atoms with Crippen LogP contribution in [0.5, 0.6) is 11.5 Å². The molecule has 21 heavy (non-hydrogen) atoms. The van der Waals surface area contributed by atoms with E-state index in [2.05, 4.69) is 23.5 Å². The van der Waals surface area contributed by atoms with Crippen molar-refractivity contribution in [2.24, 2.45) is 0 Å². The maximum absolute atomic E-state index is 5.85. The predicted molar refractivity (Wildman–Crippen MR) is 81.3 cm³/mol. The highest BCUT2D eigenvalue weighted by atomic mass is 16.7. The van der Waals surface area contributed by atoms with E-state index in [4.69, 9.17) is 15.2 Å². The van der Waals surface area contributed by atoms with Crippen molar-refractivity contribution < 1.29 is 9.47 Å². The molecule has 0 radical (unpaired) electrons. The SMILES string of the molecule is Nc1ccc2c(c1)CCC2NCc1ccc2c(c1)OCO2. The van der Waals surface area contributed by atoms with E-state index < -0.39 is 0 Å². The van der Waals surface area contributed by atoms with Crippen LogP contribution in [0.4, 0.5) is 5.69 Å². The number of nitrogens with one attached hydrogen (secondary N) is 1. The van der Waals surface area contributed by atoms with Crippen molar-refractivity contribution in [3.05, 3.63) is 53.1 Å². The number of fused-ring (bicyclic) bond motifs is 2. The topological polar surface area (TPSA) is 56.5 Å². The van der Waals surface area contributed by atoms with Crippen molar-refractivity contribution in [1.29, 1.82) is 0 Å². The van der Waals surface area contributed by atoms with Gasteiger partial charge in [-0.2, -0.15) is 0 Å². The second kappa shape index (κ2) is 4.97. The molecule has 0 amide bonds. The summed E-state index contributed by atoms with van der Waals surface area (Å²) in [5.74, 6) is 1.68. The molecular formula is C17H18N2O2. The molecule has 4 nitrogen and oxygen atoms in total. The Bertz CT molecular complexity index is 684. The normalized spacial score (nSPS) is 18.8. The van der Waals surface area contributed by atoms with Gasteiger partial charge in [-0.15, -0.1) is 0 Å². The Morgan fingerprint density at radius 2 is 2.00 bits per heavy atom. The van der Waals surface area contributed by atoms with E-state index in [0.29, 0.717) is 12.8 Å². The first-order valence-corrected chi connectivity index (χ1v) is 7.30. The first-order valence-electron chi connectivity index (χ1n) is 7.30. The van der Waals surface area contributed by atoms with Crippen LogP contribution in [0.3, 0.4) is 0 Å². The Balaban J connectivity index is 1.46. The fourth-order valence-corrected chi connectivity index (χ4v) is 3.14. The van der Waals surface area contributed by atoms with Crippen molar-refractivity contribution >= 4 is 5.69 Å². The molecule has 1 aliphatic carbocycles. The molecule has 2 aliphatic rings. The quantitative estimate of drug-likeness (QED) is 0.850. The van der Waals surface area contributed by atoms with Crippen LogP contribution < -0.4 is 20.5 Å². The lowest BCUT2D eigenvalue weighted by atomic mass is 10.1. The Morgan fingerprint density at radius 3 is 2.95 bits per heavy atom. The third-order valence-electron chi connectivity index (χ3n) is 4.23. The smallest absolute Gasteiger partial charge is 0.231 e. The van der Waals surface area contributed by atoms with Crippen LogP contribution in [-0.4, -0.2) is 6.79 Å². The Morgan fingerprint density at radius 1 is 1.10 bits per heavy atom. The average molecular weight is 282 g/mol. The second-order valence-electron chi connectivity index (χ2n) is 5.62. The Kier molecular flexibility index (Phi) is 2.97. The van der Waals surface area contributed by atoms with Crippen molar-refractivity contribution in [2.75, 3.05) is 12.5 Å². The number of hydrogen-bond acceptors (Lipinski definition) is 4. The van der Waals surface area contributed by atoms with Crippen LogP contribution in [0.1, 0.15) is 29.2 Å². The van der Waals surface area contributed by atoms with Crippen LogP contribution >= 0.6 is 0 Å². The number of nitrogen functional groups attached to an aromatic ring is 1. The van der Waals surface area contributed by atoms with Gasteiger partial charge in [0.2, 0.25) is 6.79 Å². The molecule has 1 atom stereocenters. The van der Waals surface area contributed by atoms with Crippen LogP contribution in [0.2, 0.25) is 0 Å². The Labute approximate surface area is 123 Å². The zero-order valence-corrected chi connectivity index (χ0v) is 11.8. The summed E-state index contributed by atoms with van der Waals surface area (Å²) < 4.78 is 10.8. The van der Waals surface area contributed by atoms with E-state index in [1.165, 1.54) is 16.7 Å². The monoisotopic (exact) mass is 282 g/mol. The van der Waals surface area contributed by atoms with Gasteiger partial charge in [0.05, 0.1) is 0 Å². The predicted octanol–water partition coefficient (Wildman–Crippen LogP) is 2.77. The zero-order chi connectivity index (χ0) is 14.2. The van der Waals surface area contributed by atoms with E-state index in [1.54, 1.807) is 0 Å². The summed E-state index contributed by atoms with van der Waals surface area (Å²) in [4.78, 5) is 0. The Hall–Kier alpha value is -2.20. The molecule has 1 heterocycles. The number of anilines is 1. The molecule has 0 fully saturated rings. The number of rotatable bonds is 3. The van der Waals surface area contributed by atoms with E-state index in [0.717, 1.165) is 36.6 Å². The summed E-state index contributed by atoms with van der Waals surface area (Å²) in [6, 6.07) is 12.7. The van der Waals surface area contributed by atoms with E-state index in [9.17, 15) is 0 Å². The number of nitrogens with two attached hydrogens (primary N) is 1. The van der Waals surface area contributed by atoms with Crippen LogP contribution in [-0.2, 0) is 13.0 Å². The van der Waals surface area contributed by atoms with E-state index in [-0.39, 0.29) is 0 Å². The van der Waals surface area contributed by atoms with E-state index in [1.807, 2.05) is 18.2 Å². The van der Waals surface area contributed by atoms with Gasteiger partial charge in [0.1, 0.15) is 0 Å². The van der Waals surface area contributed by atoms with Gasteiger partial charge in [-0.25, -0.2) is 0 Å². The minimum absolute atomic E-state index is 0.323. The third kappa shape index (κ3) is 2.32. The fourth-order valence-electron chi connectivity index (χ4n) is 3.14. The van der Waals surface area contributed by atoms with Crippen molar-refractivity contribution in [3.63, 3.8) is 0 Å². The molecule has 1 aliphatic heterocycles. The maximum atomic E-state index is 5.85. The van der Waals surface area contributed by atoms with Gasteiger partial charge < -0.3 is 20.5 Å². The molecule has 1 unspecified atom stereocenters. The molecule has 2 aromatic rings. The molecule has 0 aromatic heterocycles. The minimum atomic E-state index is 0.323. The van der Waals surface area contributed by atoms with Crippen molar-refractivity contribution in [3.8, 4) is 11.5 Å². The van der Waals surface area contributed by atoms with Gasteiger partial charge >= 0.3 is 0 Å². The minimum Gasteiger partial charge on any atom is -0.454 e. The first kappa shape index (κ1) is 12.5. The fraction of sp³-hybridized carbons (Fsp3) is 0.294. The van der Waals surface area contributed by atoms with Gasteiger partial charge in [0.25, 0.3) is 0 Å². The van der Waals surface area contributed by atoms with Crippen molar-refractivity contribution in [2.45, 2.75) is 25.4 Å². The molecule has 4 rings (SSSR count). The van der Waals surface area contributed by atoms with Gasteiger partial charge in [-0.05, 0) is 53.8 Å². The maximum Gasteiger partial charge on any atom is 0.231 e. The molecule has 3 N–H and O–H groups in total. The molecule has 108 valence electrons. The highest BCUT2D eigenvalue weighted by Crippen LogP contribution is 2.34. The summed E-state index contributed by atoms with van der Waals surface area (Å²) in [6.45, 7) is 1.15. The van der Waals surface area contributed by atoms with E-state index >= 15 is 0 Å². The molecule has 0 saturated heterocycles. The van der Waals surface area contributed by atoms with Gasteiger partial charge in [-0.1, -0.05) is 12.1 Å². The highest BCUT2D eigenvalue weighted by molar-refractivity contribution is 5.48.